The van der Waals surface area contributed by atoms with E-state index in [2.05, 4.69) is 18.7 Å². The Morgan fingerprint density at radius 3 is 2.25 bits per heavy atom. The van der Waals surface area contributed by atoms with Gasteiger partial charge < -0.3 is 10.0 Å². The summed E-state index contributed by atoms with van der Waals surface area (Å²) in [6, 6.07) is 0. The third-order valence-electron chi connectivity index (χ3n) is 2.96. The number of rotatable bonds is 3. The van der Waals surface area contributed by atoms with Gasteiger partial charge in [0.15, 0.2) is 0 Å². The molecular weight excluding hydrogens is 150 g/mol. The summed E-state index contributed by atoms with van der Waals surface area (Å²) in [6.45, 7) is 9.62. The largest absolute Gasteiger partial charge is 0.393 e. The molecule has 0 aromatic carbocycles. The predicted molar refractivity (Wildman–Crippen MR) is 51.1 cm³/mol. The number of aliphatic hydroxyl groups excluding tert-OH is 1. The van der Waals surface area contributed by atoms with Crippen LogP contribution in [0.5, 0.6) is 0 Å². The first-order valence-electron chi connectivity index (χ1n) is 4.93. The van der Waals surface area contributed by atoms with Gasteiger partial charge in [0.25, 0.3) is 0 Å². The SMILES string of the molecule is CC(O)C(C)(C)CN1CCCC1. The van der Waals surface area contributed by atoms with Crippen LogP contribution in [0.2, 0.25) is 0 Å². The molecule has 2 heteroatoms. The average molecular weight is 171 g/mol. The van der Waals surface area contributed by atoms with E-state index in [9.17, 15) is 5.11 Å². The van der Waals surface area contributed by atoms with Gasteiger partial charge in [0.1, 0.15) is 0 Å². The minimum absolute atomic E-state index is 0.0460. The fourth-order valence-corrected chi connectivity index (χ4v) is 1.65. The highest BCUT2D eigenvalue weighted by atomic mass is 16.3. The fourth-order valence-electron chi connectivity index (χ4n) is 1.65. The Balaban J connectivity index is 2.37. The van der Waals surface area contributed by atoms with Gasteiger partial charge in [-0.15, -0.1) is 0 Å². The molecule has 0 bridgehead atoms. The van der Waals surface area contributed by atoms with E-state index in [1.807, 2.05) is 6.92 Å². The molecule has 0 saturated carbocycles. The van der Waals surface area contributed by atoms with Crippen LogP contribution >= 0.6 is 0 Å². The first kappa shape index (κ1) is 10.0. The maximum Gasteiger partial charge on any atom is 0.0575 e. The Morgan fingerprint density at radius 1 is 1.33 bits per heavy atom. The van der Waals surface area contributed by atoms with Crippen molar-refractivity contribution in [3.05, 3.63) is 0 Å². The van der Waals surface area contributed by atoms with Gasteiger partial charge in [0, 0.05) is 12.0 Å². The topological polar surface area (TPSA) is 23.5 Å². The molecule has 1 saturated heterocycles. The van der Waals surface area contributed by atoms with E-state index >= 15 is 0 Å². The molecule has 0 aromatic rings. The van der Waals surface area contributed by atoms with Crippen molar-refractivity contribution in [1.29, 1.82) is 0 Å². The normalized spacial score (nSPS) is 23.0. The van der Waals surface area contributed by atoms with Crippen LogP contribution in [0.25, 0.3) is 0 Å². The van der Waals surface area contributed by atoms with Gasteiger partial charge in [-0.1, -0.05) is 13.8 Å². The van der Waals surface area contributed by atoms with Crippen molar-refractivity contribution in [2.75, 3.05) is 19.6 Å². The van der Waals surface area contributed by atoms with Crippen LogP contribution in [0.1, 0.15) is 33.6 Å². The van der Waals surface area contributed by atoms with E-state index in [1.54, 1.807) is 0 Å². The van der Waals surface area contributed by atoms with Gasteiger partial charge in [0.2, 0.25) is 0 Å². The molecule has 0 aromatic heterocycles. The predicted octanol–water partition coefficient (Wildman–Crippen LogP) is 1.49. The third kappa shape index (κ3) is 2.46. The number of hydrogen-bond donors (Lipinski definition) is 1. The molecule has 12 heavy (non-hydrogen) atoms. The molecule has 0 aliphatic carbocycles. The molecule has 1 fully saturated rings. The van der Waals surface area contributed by atoms with Crippen molar-refractivity contribution in [2.45, 2.75) is 39.7 Å². The maximum atomic E-state index is 9.51. The molecule has 1 unspecified atom stereocenters. The van der Waals surface area contributed by atoms with E-state index in [0.717, 1.165) is 6.54 Å². The Labute approximate surface area is 75.6 Å². The molecule has 1 heterocycles. The number of aliphatic hydroxyl groups is 1. The number of nitrogens with zero attached hydrogens (tertiary/aromatic N) is 1. The van der Waals surface area contributed by atoms with Crippen molar-refractivity contribution >= 4 is 0 Å². The summed E-state index contributed by atoms with van der Waals surface area (Å²) < 4.78 is 0. The van der Waals surface area contributed by atoms with Crippen molar-refractivity contribution in [2.24, 2.45) is 5.41 Å². The summed E-state index contributed by atoms with van der Waals surface area (Å²) in [5, 5.41) is 9.51. The summed E-state index contributed by atoms with van der Waals surface area (Å²) in [4.78, 5) is 2.45. The molecule has 0 amide bonds. The van der Waals surface area contributed by atoms with E-state index in [1.165, 1.54) is 25.9 Å². The molecular formula is C10H21NO. The summed E-state index contributed by atoms with van der Waals surface area (Å²) in [5.41, 5.74) is 0.0460. The van der Waals surface area contributed by atoms with Crippen LogP contribution < -0.4 is 0 Å². The second-order valence-electron chi connectivity index (χ2n) is 4.65. The van der Waals surface area contributed by atoms with Gasteiger partial charge in [-0.3, -0.25) is 0 Å². The lowest BCUT2D eigenvalue weighted by molar-refractivity contribution is 0.0404. The third-order valence-corrected chi connectivity index (χ3v) is 2.96. The van der Waals surface area contributed by atoms with Crippen LogP contribution in [0, 0.1) is 5.41 Å². The van der Waals surface area contributed by atoms with Crippen LogP contribution in [0.15, 0.2) is 0 Å². The highest BCUT2D eigenvalue weighted by Crippen LogP contribution is 2.23. The molecule has 2 nitrogen and oxygen atoms in total. The first-order valence-corrected chi connectivity index (χ1v) is 4.93. The zero-order valence-electron chi connectivity index (χ0n) is 8.51. The van der Waals surface area contributed by atoms with Crippen molar-refractivity contribution in [3.8, 4) is 0 Å². The van der Waals surface area contributed by atoms with E-state index in [-0.39, 0.29) is 11.5 Å². The van der Waals surface area contributed by atoms with Crippen molar-refractivity contribution < 1.29 is 5.11 Å². The fraction of sp³-hybridized carbons (Fsp3) is 1.00. The molecule has 1 aliphatic rings. The standard InChI is InChI=1S/C10H21NO/c1-9(12)10(2,3)8-11-6-4-5-7-11/h9,12H,4-8H2,1-3H3. The number of hydrogen-bond acceptors (Lipinski definition) is 2. The van der Waals surface area contributed by atoms with Gasteiger partial charge in [-0.05, 0) is 32.9 Å². The van der Waals surface area contributed by atoms with Crippen LogP contribution in [0.3, 0.4) is 0 Å². The lowest BCUT2D eigenvalue weighted by atomic mass is 9.87. The highest BCUT2D eigenvalue weighted by Gasteiger charge is 2.27. The zero-order valence-corrected chi connectivity index (χ0v) is 8.51. The Morgan fingerprint density at radius 2 is 1.83 bits per heavy atom. The monoisotopic (exact) mass is 171 g/mol. The second-order valence-corrected chi connectivity index (χ2v) is 4.65. The zero-order chi connectivity index (χ0) is 9.19. The first-order chi connectivity index (χ1) is 5.52. The molecule has 1 atom stereocenters. The van der Waals surface area contributed by atoms with Crippen molar-refractivity contribution in [1.82, 2.24) is 4.90 Å². The summed E-state index contributed by atoms with van der Waals surface area (Å²) >= 11 is 0. The number of likely N-dealkylation sites (tertiary alicyclic amines) is 1. The van der Waals surface area contributed by atoms with Gasteiger partial charge >= 0.3 is 0 Å². The minimum atomic E-state index is -0.210. The van der Waals surface area contributed by atoms with Gasteiger partial charge in [-0.25, -0.2) is 0 Å². The summed E-state index contributed by atoms with van der Waals surface area (Å²) in [5.74, 6) is 0. The highest BCUT2D eigenvalue weighted by molar-refractivity contribution is 4.80. The molecule has 1 N–H and O–H groups in total. The van der Waals surface area contributed by atoms with Crippen LogP contribution in [-0.2, 0) is 0 Å². The van der Waals surface area contributed by atoms with Gasteiger partial charge in [-0.2, -0.15) is 0 Å². The molecule has 0 radical (unpaired) electrons. The lowest BCUT2D eigenvalue weighted by Crippen LogP contribution is -2.39. The van der Waals surface area contributed by atoms with Gasteiger partial charge in [0.05, 0.1) is 6.10 Å². The molecule has 1 rings (SSSR count). The van der Waals surface area contributed by atoms with Crippen LogP contribution in [0.4, 0.5) is 0 Å². The minimum Gasteiger partial charge on any atom is -0.393 e. The second kappa shape index (κ2) is 3.75. The Bertz CT molecular complexity index is 137. The Hall–Kier alpha value is -0.0800. The Kier molecular flexibility index (Phi) is 3.13. The lowest BCUT2D eigenvalue weighted by Gasteiger charge is -2.32. The maximum absolute atomic E-state index is 9.51. The molecule has 0 spiro atoms. The van der Waals surface area contributed by atoms with E-state index in [4.69, 9.17) is 0 Å². The van der Waals surface area contributed by atoms with Crippen molar-refractivity contribution in [3.63, 3.8) is 0 Å². The van der Waals surface area contributed by atoms with Crippen LogP contribution in [-0.4, -0.2) is 35.7 Å². The van der Waals surface area contributed by atoms with E-state index in [0.29, 0.717) is 0 Å². The quantitative estimate of drug-likeness (QED) is 0.695. The summed E-state index contributed by atoms with van der Waals surface area (Å²) in [7, 11) is 0. The smallest absolute Gasteiger partial charge is 0.0575 e. The summed E-state index contributed by atoms with van der Waals surface area (Å²) in [6.07, 6.45) is 2.45. The molecule has 72 valence electrons. The van der Waals surface area contributed by atoms with E-state index < -0.39 is 0 Å². The molecule has 1 aliphatic heterocycles. The average Bonchev–Trinajstić information content (AvgIpc) is 2.38.